The van der Waals surface area contributed by atoms with Gasteiger partial charge in [0.05, 0.1) is 0 Å². The molecule has 1 N–H and O–H groups in total. The first kappa shape index (κ1) is 16.8. The average Bonchev–Trinajstić information content (AvgIpc) is 3.52. The summed E-state index contributed by atoms with van der Waals surface area (Å²) < 4.78 is 5.86. The van der Waals surface area contributed by atoms with Crippen LogP contribution in [0.4, 0.5) is 0 Å². The Balaban J connectivity index is 1.86. The molecule has 1 aliphatic rings. The molecule has 0 saturated heterocycles. The predicted molar refractivity (Wildman–Crippen MR) is 105 cm³/mol. The van der Waals surface area contributed by atoms with Crippen molar-refractivity contribution in [3.05, 3.63) is 113 Å². The van der Waals surface area contributed by atoms with Crippen LogP contribution in [0.3, 0.4) is 0 Å². The van der Waals surface area contributed by atoms with Gasteiger partial charge in [-0.25, -0.2) is 0 Å². The largest absolute Gasteiger partial charge is 0.378 e. The van der Waals surface area contributed by atoms with Crippen molar-refractivity contribution >= 4 is 5.57 Å². The van der Waals surface area contributed by atoms with Gasteiger partial charge in [-0.05, 0) is 34.3 Å². The van der Waals surface area contributed by atoms with E-state index in [1.54, 1.807) is 7.11 Å². The van der Waals surface area contributed by atoms with E-state index in [1.807, 2.05) is 78.9 Å². The highest BCUT2D eigenvalue weighted by Crippen LogP contribution is 2.55. The van der Waals surface area contributed by atoms with Crippen LogP contribution in [0.2, 0.25) is 0 Å². The lowest BCUT2D eigenvalue weighted by Gasteiger charge is -2.35. The van der Waals surface area contributed by atoms with E-state index in [0.29, 0.717) is 0 Å². The zero-order chi connectivity index (χ0) is 18.0. The van der Waals surface area contributed by atoms with Crippen LogP contribution in [0.1, 0.15) is 29.2 Å². The zero-order valence-electron chi connectivity index (χ0n) is 14.8. The van der Waals surface area contributed by atoms with Crippen LogP contribution in [0.5, 0.6) is 0 Å². The van der Waals surface area contributed by atoms with Crippen molar-refractivity contribution in [1.29, 1.82) is 0 Å². The van der Waals surface area contributed by atoms with Gasteiger partial charge in [0.25, 0.3) is 0 Å². The lowest BCUT2D eigenvalue weighted by Crippen LogP contribution is -2.34. The third kappa shape index (κ3) is 2.88. The molecule has 2 nitrogen and oxygen atoms in total. The number of rotatable bonds is 6. The van der Waals surface area contributed by atoms with Crippen molar-refractivity contribution in [2.45, 2.75) is 18.1 Å². The molecule has 2 heteroatoms. The van der Waals surface area contributed by atoms with Crippen molar-refractivity contribution < 1.29 is 9.84 Å². The van der Waals surface area contributed by atoms with Gasteiger partial charge >= 0.3 is 0 Å². The fourth-order valence-electron chi connectivity index (χ4n) is 3.76. The van der Waals surface area contributed by atoms with Crippen LogP contribution >= 0.6 is 0 Å². The van der Waals surface area contributed by atoms with E-state index in [0.717, 1.165) is 23.1 Å². The van der Waals surface area contributed by atoms with Crippen molar-refractivity contribution in [2.75, 3.05) is 7.11 Å². The van der Waals surface area contributed by atoms with Gasteiger partial charge in [0, 0.05) is 7.11 Å². The highest BCUT2D eigenvalue weighted by atomic mass is 16.5. The van der Waals surface area contributed by atoms with Crippen LogP contribution in [0.25, 0.3) is 5.57 Å². The Hall–Kier alpha value is -2.68. The molecule has 3 aromatic carbocycles. The predicted octanol–water partition coefficient (Wildman–Crippen LogP) is 5.12. The second-order valence-corrected chi connectivity index (χ2v) is 6.66. The topological polar surface area (TPSA) is 29.5 Å². The molecule has 0 saturated carbocycles. The zero-order valence-corrected chi connectivity index (χ0v) is 14.8. The van der Waals surface area contributed by atoms with E-state index >= 15 is 0 Å². The van der Waals surface area contributed by atoms with Gasteiger partial charge in [-0.2, -0.15) is 0 Å². The lowest BCUT2D eigenvalue weighted by molar-refractivity contribution is -0.0742. The van der Waals surface area contributed by atoms with Crippen LogP contribution in [0.15, 0.2) is 96.6 Å². The molecule has 2 atom stereocenters. The molecule has 0 heterocycles. The van der Waals surface area contributed by atoms with E-state index in [4.69, 9.17) is 4.74 Å². The van der Waals surface area contributed by atoms with E-state index in [1.165, 1.54) is 11.1 Å². The number of hydrogen-bond donors (Lipinski definition) is 1. The Kier molecular flexibility index (Phi) is 4.46. The maximum Gasteiger partial charge on any atom is 0.142 e. The first-order valence-corrected chi connectivity index (χ1v) is 8.88. The van der Waals surface area contributed by atoms with Crippen LogP contribution < -0.4 is 0 Å². The minimum Gasteiger partial charge on any atom is -0.378 e. The molecule has 0 bridgehead atoms. The summed E-state index contributed by atoms with van der Waals surface area (Å²) in [5, 5.41) is 12.0. The highest BCUT2D eigenvalue weighted by molar-refractivity contribution is 5.85. The molecule has 130 valence electrons. The Labute approximate surface area is 154 Å². The molecule has 0 fully saturated rings. The monoisotopic (exact) mass is 342 g/mol. The molecule has 4 rings (SSSR count). The third-order valence-corrected chi connectivity index (χ3v) is 5.11. The molecule has 0 unspecified atom stereocenters. The van der Waals surface area contributed by atoms with E-state index < -0.39 is 11.7 Å². The van der Waals surface area contributed by atoms with Crippen molar-refractivity contribution in [3.63, 3.8) is 0 Å². The fourth-order valence-corrected chi connectivity index (χ4v) is 3.76. The molecule has 0 spiro atoms. The van der Waals surface area contributed by atoms with Gasteiger partial charge in [0.15, 0.2) is 0 Å². The van der Waals surface area contributed by atoms with Crippen LogP contribution in [-0.4, -0.2) is 12.2 Å². The summed E-state index contributed by atoms with van der Waals surface area (Å²) in [6.07, 6.45) is 0.324. The molecule has 0 amide bonds. The molecule has 0 aromatic heterocycles. The third-order valence-electron chi connectivity index (χ3n) is 5.11. The average molecular weight is 342 g/mol. The smallest absolute Gasteiger partial charge is 0.142 e. The highest BCUT2D eigenvalue weighted by Gasteiger charge is 2.49. The van der Waals surface area contributed by atoms with Gasteiger partial charge in [-0.15, -0.1) is 0 Å². The van der Waals surface area contributed by atoms with Gasteiger partial charge in [0.1, 0.15) is 11.7 Å². The Morgan fingerprint density at radius 1 is 0.808 bits per heavy atom. The van der Waals surface area contributed by atoms with Crippen molar-refractivity contribution in [1.82, 2.24) is 0 Å². The van der Waals surface area contributed by atoms with Gasteiger partial charge in [-0.1, -0.05) is 91.0 Å². The SMILES string of the molecule is CO[C@H](c1ccccc1)[C@](O)(C1=C(c2ccccc2)C1)c1ccccc1. The molecule has 0 radical (unpaired) electrons. The molecule has 1 aliphatic carbocycles. The van der Waals surface area contributed by atoms with Crippen molar-refractivity contribution in [3.8, 4) is 0 Å². The fraction of sp³-hybridized carbons (Fsp3) is 0.167. The van der Waals surface area contributed by atoms with E-state index in [2.05, 4.69) is 12.1 Å². The Bertz CT molecular complexity index is 901. The number of hydrogen-bond acceptors (Lipinski definition) is 2. The minimum atomic E-state index is -1.19. The van der Waals surface area contributed by atoms with Crippen LogP contribution in [0, 0.1) is 0 Å². The second-order valence-electron chi connectivity index (χ2n) is 6.66. The molecule has 0 aliphatic heterocycles. The molecular weight excluding hydrogens is 320 g/mol. The number of methoxy groups -OCH3 is 1. The molecule has 3 aromatic rings. The summed E-state index contributed by atoms with van der Waals surface area (Å²) in [6, 6.07) is 30.1. The first-order chi connectivity index (χ1) is 12.7. The summed E-state index contributed by atoms with van der Waals surface area (Å²) >= 11 is 0. The summed E-state index contributed by atoms with van der Waals surface area (Å²) in [4.78, 5) is 0. The first-order valence-electron chi connectivity index (χ1n) is 8.88. The van der Waals surface area contributed by atoms with Gasteiger partial charge < -0.3 is 9.84 Å². The number of benzene rings is 3. The summed E-state index contributed by atoms with van der Waals surface area (Å²) in [5.74, 6) is 0. The normalized spacial score (nSPS) is 16.8. The maximum absolute atomic E-state index is 12.0. The second kappa shape index (κ2) is 6.91. The Morgan fingerprint density at radius 3 is 1.92 bits per heavy atom. The van der Waals surface area contributed by atoms with Crippen molar-refractivity contribution in [2.24, 2.45) is 0 Å². The number of aliphatic hydroxyl groups is 1. The molecular formula is C24H22O2. The number of allylic oxidation sites excluding steroid dienone is 1. The summed E-state index contributed by atoms with van der Waals surface area (Å²) in [6.45, 7) is 0. The summed E-state index contributed by atoms with van der Waals surface area (Å²) in [5.41, 5.74) is 4.04. The van der Waals surface area contributed by atoms with Gasteiger partial charge in [-0.3, -0.25) is 0 Å². The van der Waals surface area contributed by atoms with E-state index in [9.17, 15) is 5.11 Å². The number of ether oxygens (including phenoxy) is 1. The summed E-state index contributed by atoms with van der Waals surface area (Å²) in [7, 11) is 1.66. The Morgan fingerprint density at radius 2 is 1.35 bits per heavy atom. The lowest BCUT2D eigenvalue weighted by atomic mass is 9.81. The maximum atomic E-state index is 12.0. The molecule has 26 heavy (non-hydrogen) atoms. The minimum absolute atomic E-state index is 0.470. The quantitative estimate of drug-likeness (QED) is 0.674. The van der Waals surface area contributed by atoms with E-state index in [-0.39, 0.29) is 0 Å². The van der Waals surface area contributed by atoms with Crippen LogP contribution in [-0.2, 0) is 10.3 Å². The standard InChI is InChI=1S/C24H22O2/c1-26-23(19-13-7-3-8-14-19)24(25,20-15-9-4-10-16-20)22-17-21(22)18-11-5-2-6-12-18/h2-16,23,25H,17H2,1H3/t23-,24-/m1/s1. The van der Waals surface area contributed by atoms with Gasteiger partial charge in [0.2, 0.25) is 0 Å².